The molecule has 18 heavy (non-hydrogen) atoms. The van der Waals surface area contributed by atoms with E-state index in [1.54, 1.807) is 19.0 Å². The van der Waals surface area contributed by atoms with Crippen LogP contribution in [0, 0.1) is 0 Å². The van der Waals surface area contributed by atoms with Crippen molar-refractivity contribution in [1.29, 1.82) is 0 Å². The predicted octanol–water partition coefficient (Wildman–Crippen LogP) is 2.61. The van der Waals surface area contributed by atoms with Crippen molar-refractivity contribution < 1.29 is 4.79 Å². The topological polar surface area (TPSA) is 38.1 Å². The predicted molar refractivity (Wildman–Crippen MR) is 72.0 cm³/mol. The van der Waals surface area contributed by atoms with Gasteiger partial charge in [0, 0.05) is 26.1 Å². The molecule has 0 saturated carbocycles. The van der Waals surface area contributed by atoms with Crippen LogP contribution in [-0.2, 0) is 6.42 Å². The van der Waals surface area contributed by atoms with Gasteiger partial charge in [0.1, 0.15) is 11.5 Å². The van der Waals surface area contributed by atoms with Crippen molar-refractivity contribution in [3.63, 3.8) is 0 Å². The van der Waals surface area contributed by atoms with Gasteiger partial charge in [0.25, 0.3) is 5.91 Å². The van der Waals surface area contributed by atoms with Crippen LogP contribution < -0.4 is 0 Å². The number of hydrogen-bond donors (Lipinski definition) is 0. The molecule has 0 radical (unpaired) electrons. The van der Waals surface area contributed by atoms with Gasteiger partial charge in [-0.3, -0.25) is 4.79 Å². The molecular weight excluding hydrogens is 226 g/mol. The summed E-state index contributed by atoms with van der Waals surface area (Å²) in [7, 11) is 3.57. The lowest BCUT2D eigenvalue weighted by atomic mass is 10.0. The molecule has 0 saturated heterocycles. The first-order valence-corrected chi connectivity index (χ1v) is 6.76. The summed E-state index contributed by atoms with van der Waals surface area (Å²) in [5, 5.41) is 0. The quantitative estimate of drug-likeness (QED) is 0.808. The van der Waals surface area contributed by atoms with Crippen LogP contribution in [0.5, 0.6) is 0 Å². The molecule has 1 aromatic rings. The molecule has 100 valence electrons. The molecular formula is C14H23N3O. The molecule has 0 spiro atoms. The van der Waals surface area contributed by atoms with E-state index in [0.717, 1.165) is 24.4 Å². The van der Waals surface area contributed by atoms with E-state index in [2.05, 4.69) is 30.3 Å². The van der Waals surface area contributed by atoms with Gasteiger partial charge in [-0.25, -0.2) is 4.98 Å². The molecule has 1 aromatic heterocycles. The highest BCUT2D eigenvalue weighted by Crippen LogP contribution is 2.31. The Bertz CT molecular complexity index is 460. The zero-order valence-electron chi connectivity index (χ0n) is 12.0. The third kappa shape index (κ3) is 2.04. The first-order valence-electron chi connectivity index (χ1n) is 6.76. The van der Waals surface area contributed by atoms with Crippen molar-refractivity contribution in [2.24, 2.45) is 0 Å². The van der Waals surface area contributed by atoms with Crippen LogP contribution in [0.3, 0.4) is 0 Å². The van der Waals surface area contributed by atoms with Gasteiger partial charge < -0.3 is 9.47 Å². The van der Waals surface area contributed by atoms with Gasteiger partial charge in [-0.05, 0) is 26.2 Å². The Morgan fingerprint density at radius 1 is 1.44 bits per heavy atom. The summed E-state index contributed by atoms with van der Waals surface area (Å²) in [4.78, 5) is 18.5. The van der Waals surface area contributed by atoms with E-state index < -0.39 is 0 Å². The molecule has 4 heteroatoms. The summed E-state index contributed by atoms with van der Waals surface area (Å²) in [6.07, 6.45) is 3.30. The maximum absolute atomic E-state index is 12.2. The van der Waals surface area contributed by atoms with Crippen LogP contribution in [0.4, 0.5) is 0 Å². The number of aromatic nitrogens is 2. The number of carbonyl (C=O) groups excluding carboxylic acids is 1. The number of fused-ring (bicyclic) bond motifs is 1. The highest BCUT2D eigenvalue weighted by Gasteiger charge is 2.29. The fourth-order valence-corrected chi connectivity index (χ4v) is 2.70. The van der Waals surface area contributed by atoms with E-state index in [1.165, 1.54) is 6.42 Å². The molecule has 2 heterocycles. The van der Waals surface area contributed by atoms with Gasteiger partial charge in [-0.15, -0.1) is 0 Å². The molecule has 2 rings (SSSR count). The average molecular weight is 249 g/mol. The van der Waals surface area contributed by atoms with E-state index in [1.807, 2.05) is 0 Å². The van der Waals surface area contributed by atoms with Crippen molar-refractivity contribution in [2.75, 3.05) is 14.1 Å². The van der Waals surface area contributed by atoms with Gasteiger partial charge in [0.05, 0.1) is 5.69 Å². The zero-order chi connectivity index (χ0) is 13.4. The van der Waals surface area contributed by atoms with Crippen LogP contribution in [0.1, 0.15) is 67.6 Å². The molecule has 1 unspecified atom stereocenters. The summed E-state index contributed by atoms with van der Waals surface area (Å²) in [6, 6.07) is 0.461. The van der Waals surface area contributed by atoms with E-state index in [4.69, 9.17) is 0 Å². The van der Waals surface area contributed by atoms with Gasteiger partial charge in [0.15, 0.2) is 0 Å². The minimum Gasteiger partial charge on any atom is -0.343 e. The number of nitrogens with zero attached hydrogens (tertiary/aromatic N) is 3. The number of rotatable bonds is 2. The number of hydrogen-bond acceptors (Lipinski definition) is 2. The SMILES string of the molecule is CC(C)c1nc(C(=O)N(C)C)c2n1C(C)CCC2. The van der Waals surface area contributed by atoms with Crippen molar-refractivity contribution in [2.45, 2.75) is 52.0 Å². The zero-order valence-corrected chi connectivity index (χ0v) is 12.0. The minimum atomic E-state index is 0.0275. The maximum Gasteiger partial charge on any atom is 0.273 e. The van der Waals surface area contributed by atoms with E-state index in [-0.39, 0.29) is 5.91 Å². The fourth-order valence-electron chi connectivity index (χ4n) is 2.70. The lowest BCUT2D eigenvalue weighted by molar-refractivity contribution is 0.0820. The molecule has 0 N–H and O–H groups in total. The molecule has 1 amide bonds. The number of carbonyl (C=O) groups is 1. The normalized spacial score (nSPS) is 18.9. The summed E-state index contributed by atoms with van der Waals surface area (Å²) < 4.78 is 2.30. The fraction of sp³-hybridized carbons (Fsp3) is 0.714. The molecule has 0 fully saturated rings. The van der Waals surface area contributed by atoms with Gasteiger partial charge in [0.2, 0.25) is 0 Å². The highest BCUT2D eigenvalue weighted by molar-refractivity contribution is 5.93. The number of amides is 1. The van der Waals surface area contributed by atoms with Crippen LogP contribution in [0.25, 0.3) is 0 Å². The second-order valence-corrected chi connectivity index (χ2v) is 5.73. The molecule has 0 bridgehead atoms. The highest BCUT2D eigenvalue weighted by atomic mass is 16.2. The molecule has 0 aliphatic carbocycles. The van der Waals surface area contributed by atoms with Crippen LogP contribution >= 0.6 is 0 Å². The number of imidazole rings is 1. The maximum atomic E-state index is 12.2. The monoisotopic (exact) mass is 249 g/mol. The largest absolute Gasteiger partial charge is 0.343 e. The molecule has 1 atom stereocenters. The second kappa shape index (κ2) is 4.75. The Balaban J connectivity index is 2.56. The first kappa shape index (κ1) is 13.1. The Morgan fingerprint density at radius 2 is 2.11 bits per heavy atom. The lowest BCUT2D eigenvalue weighted by Crippen LogP contribution is -2.25. The Hall–Kier alpha value is -1.32. The summed E-state index contributed by atoms with van der Waals surface area (Å²) in [5.74, 6) is 1.44. The van der Waals surface area contributed by atoms with Crippen molar-refractivity contribution in [3.8, 4) is 0 Å². The van der Waals surface area contributed by atoms with E-state index in [0.29, 0.717) is 17.7 Å². The Labute approximate surface area is 109 Å². The van der Waals surface area contributed by atoms with Crippen LogP contribution in [0.2, 0.25) is 0 Å². The molecule has 0 aromatic carbocycles. The van der Waals surface area contributed by atoms with Crippen LogP contribution in [-0.4, -0.2) is 34.5 Å². The summed E-state index contributed by atoms with van der Waals surface area (Å²) in [6.45, 7) is 6.50. The minimum absolute atomic E-state index is 0.0275. The van der Waals surface area contributed by atoms with E-state index >= 15 is 0 Å². The standard InChI is InChI=1S/C14H23N3O/c1-9(2)13-15-12(14(18)16(4)5)11-8-6-7-10(3)17(11)13/h9-10H,6-8H2,1-5H3. The molecule has 4 nitrogen and oxygen atoms in total. The van der Waals surface area contributed by atoms with E-state index in [9.17, 15) is 4.79 Å². The van der Waals surface area contributed by atoms with Crippen molar-refractivity contribution in [1.82, 2.24) is 14.5 Å². The molecule has 1 aliphatic rings. The van der Waals surface area contributed by atoms with Crippen molar-refractivity contribution in [3.05, 3.63) is 17.2 Å². The van der Waals surface area contributed by atoms with Crippen molar-refractivity contribution >= 4 is 5.91 Å². The first-order chi connectivity index (χ1) is 8.43. The molecule has 1 aliphatic heterocycles. The van der Waals surface area contributed by atoms with Gasteiger partial charge in [-0.1, -0.05) is 13.8 Å². The summed E-state index contributed by atoms with van der Waals surface area (Å²) in [5.41, 5.74) is 1.80. The Kier molecular flexibility index (Phi) is 3.46. The van der Waals surface area contributed by atoms with Crippen LogP contribution in [0.15, 0.2) is 0 Å². The lowest BCUT2D eigenvalue weighted by Gasteiger charge is -2.25. The second-order valence-electron chi connectivity index (χ2n) is 5.73. The van der Waals surface area contributed by atoms with Gasteiger partial charge >= 0.3 is 0 Å². The third-order valence-corrected chi connectivity index (χ3v) is 3.64. The van der Waals surface area contributed by atoms with Gasteiger partial charge in [-0.2, -0.15) is 0 Å². The smallest absolute Gasteiger partial charge is 0.273 e. The third-order valence-electron chi connectivity index (χ3n) is 3.64. The Morgan fingerprint density at radius 3 is 2.67 bits per heavy atom. The summed E-state index contributed by atoms with van der Waals surface area (Å²) >= 11 is 0. The average Bonchev–Trinajstić information content (AvgIpc) is 2.69.